The second-order valence-electron chi connectivity index (χ2n) is 3.53. The zero-order valence-electron chi connectivity index (χ0n) is 9.49. The summed E-state index contributed by atoms with van der Waals surface area (Å²) in [6.07, 6.45) is 0. The molecule has 0 aromatic carbocycles. The number of carboxylic acids is 1. The van der Waals surface area contributed by atoms with Gasteiger partial charge < -0.3 is 20.2 Å². The van der Waals surface area contributed by atoms with Crippen molar-refractivity contribution in [2.75, 3.05) is 13.2 Å². The molecular weight excluding hydrogens is 253 g/mol. The highest BCUT2D eigenvalue weighted by molar-refractivity contribution is 7.46. The first kappa shape index (κ1) is 16.1. The Labute approximate surface area is 98.2 Å². The molecule has 0 bridgehead atoms. The maximum Gasteiger partial charge on any atom is 0.469 e. The lowest BCUT2D eigenvalue weighted by atomic mass is 9.95. The van der Waals surface area contributed by atoms with Crippen LogP contribution in [0.15, 0.2) is 0 Å². The molecule has 0 aromatic rings. The number of nitrogens with one attached hydrogen (secondary N) is 1. The quantitative estimate of drug-likeness (QED) is 0.364. The molecule has 17 heavy (non-hydrogen) atoms. The lowest BCUT2D eigenvalue weighted by molar-refractivity contribution is -0.146. The fourth-order valence-electron chi connectivity index (χ4n) is 0.941. The maximum atomic E-state index is 11.4. The minimum atomic E-state index is -4.53. The van der Waals surface area contributed by atoms with E-state index in [1.165, 1.54) is 13.8 Å². The summed E-state index contributed by atoms with van der Waals surface area (Å²) in [7, 11) is -4.53. The summed E-state index contributed by atoms with van der Waals surface area (Å²) in [6.45, 7) is 2.42. The number of rotatable bonds is 7. The van der Waals surface area contributed by atoms with E-state index >= 15 is 0 Å². The lowest BCUT2D eigenvalue weighted by Gasteiger charge is -2.15. The number of carbonyl (C=O) groups is 2. The zero-order valence-corrected chi connectivity index (χ0v) is 10.4. The SMILES string of the molecule is CC(C(=O)O)C(C)C(=O)NCCOP(=O)(O)O. The molecule has 0 aromatic heterocycles. The van der Waals surface area contributed by atoms with Gasteiger partial charge in [0, 0.05) is 12.5 Å². The molecule has 0 radical (unpaired) electrons. The summed E-state index contributed by atoms with van der Waals surface area (Å²) < 4.78 is 14.4. The van der Waals surface area contributed by atoms with Crippen LogP contribution in [-0.4, -0.2) is 39.9 Å². The maximum absolute atomic E-state index is 11.4. The van der Waals surface area contributed by atoms with Crippen molar-refractivity contribution in [3.63, 3.8) is 0 Å². The molecule has 0 aliphatic rings. The van der Waals surface area contributed by atoms with Crippen molar-refractivity contribution < 1.29 is 33.6 Å². The van der Waals surface area contributed by atoms with Gasteiger partial charge in [-0.3, -0.25) is 14.1 Å². The average Bonchev–Trinajstić information content (AvgIpc) is 2.20. The second-order valence-corrected chi connectivity index (χ2v) is 4.77. The van der Waals surface area contributed by atoms with Crippen LogP contribution in [0.5, 0.6) is 0 Å². The van der Waals surface area contributed by atoms with E-state index in [9.17, 15) is 14.2 Å². The number of phosphoric ester groups is 1. The van der Waals surface area contributed by atoms with Crippen LogP contribution in [0.25, 0.3) is 0 Å². The van der Waals surface area contributed by atoms with Crippen molar-refractivity contribution in [1.29, 1.82) is 0 Å². The van der Waals surface area contributed by atoms with Gasteiger partial charge in [0.25, 0.3) is 0 Å². The van der Waals surface area contributed by atoms with Gasteiger partial charge in [-0.15, -0.1) is 0 Å². The van der Waals surface area contributed by atoms with E-state index in [0.717, 1.165) is 0 Å². The Morgan fingerprint density at radius 3 is 2.24 bits per heavy atom. The number of carboxylic acid groups (broad SMARTS) is 1. The van der Waals surface area contributed by atoms with Crippen molar-refractivity contribution in [2.45, 2.75) is 13.8 Å². The van der Waals surface area contributed by atoms with Crippen molar-refractivity contribution >= 4 is 19.7 Å². The van der Waals surface area contributed by atoms with Gasteiger partial charge in [-0.2, -0.15) is 0 Å². The number of carbonyl (C=O) groups excluding carboxylic acids is 1. The van der Waals surface area contributed by atoms with E-state index in [0.29, 0.717) is 0 Å². The Hall–Kier alpha value is -0.950. The number of amides is 1. The topological polar surface area (TPSA) is 133 Å². The van der Waals surface area contributed by atoms with Crippen LogP contribution in [0.2, 0.25) is 0 Å². The minimum absolute atomic E-state index is 0.0966. The van der Waals surface area contributed by atoms with Crippen molar-refractivity contribution in [3.05, 3.63) is 0 Å². The monoisotopic (exact) mass is 269 g/mol. The van der Waals surface area contributed by atoms with E-state index < -0.39 is 31.5 Å². The molecule has 2 unspecified atom stereocenters. The van der Waals surface area contributed by atoms with Gasteiger partial charge in [0.05, 0.1) is 12.5 Å². The Balaban J connectivity index is 3.95. The molecule has 0 spiro atoms. The summed E-state index contributed by atoms with van der Waals surface area (Å²) in [5.41, 5.74) is 0. The fourth-order valence-corrected chi connectivity index (χ4v) is 1.27. The van der Waals surface area contributed by atoms with Crippen molar-refractivity contribution in [1.82, 2.24) is 5.32 Å². The molecule has 0 aliphatic heterocycles. The van der Waals surface area contributed by atoms with Crippen LogP contribution in [0, 0.1) is 11.8 Å². The van der Waals surface area contributed by atoms with Crippen LogP contribution in [0.3, 0.4) is 0 Å². The van der Waals surface area contributed by atoms with Crippen LogP contribution in [0.4, 0.5) is 0 Å². The van der Waals surface area contributed by atoms with Gasteiger partial charge in [-0.1, -0.05) is 13.8 Å². The smallest absolute Gasteiger partial charge is 0.469 e. The van der Waals surface area contributed by atoms with Gasteiger partial charge in [-0.05, 0) is 0 Å². The third kappa shape index (κ3) is 7.06. The lowest BCUT2D eigenvalue weighted by Crippen LogP contribution is -2.36. The van der Waals surface area contributed by atoms with Crippen molar-refractivity contribution in [3.8, 4) is 0 Å². The molecule has 4 N–H and O–H groups in total. The number of aliphatic carboxylic acids is 1. The first-order chi connectivity index (χ1) is 7.65. The molecule has 0 aliphatic carbocycles. The van der Waals surface area contributed by atoms with Gasteiger partial charge in [0.15, 0.2) is 0 Å². The van der Waals surface area contributed by atoms with Crippen LogP contribution in [-0.2, 0) is 18.7 Å². The van der Waals surface area contributed by atoms with E-state index in [-0.39, 0.29) is 13.2 Å². The first-order valence-corrected chi connectivity index (χ1v) is 6.38. The molecule has 0 saturated heterocycles. The van der Waals surface area contributed by atoms with E-state index in [4.69, 9.17) is 14.9 Å². The van der Waals surface area contributed by atoms with Crippen LogP contribution >= 0.6 is 7.82 Å². The number of phosphoric acid groups is 1. The predicted molar refractivity (Wildman–Crippen MR) is 57.0 cm³/mol. The summed E-state index contributed by atoms with van der Waals surface area (Å²) in [5, 5.41) is 11.0. The van der Waals surface area contributed by atoms with E-state index in [2.05, 4.69) is 9.84 Å². The summed E-state index contributed by atoms with van der Waals surface area (Å²) in [5.74, 6) is -3.16. The first-order valence-electron chi connectivity index (χ1n) is 4.85. The predicted octanol–water partition coefficient (Wildman–Crippen LogP) is -0.431. The number of hydrogen-bond donors (Lipinski definition) is 4. The van der Waals surface area contributed by atoms with E-state index in [1.807, 2.05) is 0 Å². The van der Waals surface area contributed by atoms with Gasteiger partial charge in [0.1, 0.15) is 0 Å². The summed E-state index contributed by atoms with van der Waals surface area (Å²) in [4.78, 5) is 38.7. The molecule has 1 amide bonds. The highest BCUT2D eigenvalue weighted by Crippen LogP contribution is 2.35. The summed E-state index contributed by atoms with van der Waals surface area (Å²) in [6, 6.07) is 0. The van der Waals surface area contributed by atoms with Crippen LogP contribution in [0.1, 0.15) is 13.8 Å². The molecule has 0 heterocycles. The summed E-state index contributed by atoms with van der Waals surface area (Å²) >= 11 is 0. The average molecular weight is 269 g/mol. The Morgan fingerprint density at radius 1 is 1.29 bits per heavy atom. The van der Waals surface area contributed by atoms with Crippen LogP contribution < -0.4 is 5.32 Å². The molecule has 8 nitrogen and oxygen atoms in total. The molecule has 9 heteroatoms. The molecule has 0 fully saturated rings. The van der Waals surface area contributed by atoms with Gasteiger partial charge >= 0.3 is 13.8 Å². The third-order valence-corrected chi connectivity index (χ3v) is 2.73. The van der Waals surface area contributed by atoms with E-state index in [1.54, 1.807) is 0 Å². The molecule has 2 atom stereocenters. The normalized spacial score (nSPS) is 15.1. The van der Waals surface area contributed by atoms with Gasteiger partial charge in [0.2, 0.25) is 5.91 Å². The van der Waals surface area contributed by atoms with Crippen molar-refractivity contribution in [2.24, 2.45) is 11.8 Å². The molecule has 0 saturated carbocycles. The standard InChI is InChI=1S/C8H16NO7P/c1-5(6(2)8(11)12)7(10)9-3-4-16-17(13,14)15/h5-6H,3-4H2,1-2H3,(H,9,10)(H,11,12)(H2,13,14,15). The molecular formula is C8H16NO7P. The fraction of sp³-hybridized carbons (Fsp3) is 0.750. The highest BCUT2D eigenvalue weighted by atomic mass is 31.2. The number of hydrogen-bond acceptors (Lipinski definition) is 4. The Kier molecular flexibility index (Phi) is 6.33. The molecule has 0 rings (SSSR count). The molecule has 100 valence electrons. The Morgan fingerprint density at radius 2 is 1.82 bits per heavy atom. The largest absolute Gasteiger partial charge is 0.481 e. The highest BCUT2D eigenvalue weighted by Gasteiger charge is 2.25. The van der Waals surface area contributed by atoms with Gasteiger partial charge in [-0.25, -0.2) is 4.57 Å². The third-order valence-electron chi connectivity index (χ3n) is 2.21. The Bertz CT molecular complexity index is 326. The minimum Gasteiger partial charge on any atom is -0.481 e. The zero-order chi connectivity index (χ0) is 13.6. The second kappa shape index (κ2) is 6.70.